The fourth-order valence-electron chi connectivity index (χ4n) is 3.92. The van der Waals surface area contributed by atoms with Gasteiger partial charge in [-0.3, -0.25) is 14.4 Å². The number of benzene rings is 3. The van der Waals surface area contributed by atoms with E-state index in [1.165, 1.54) is 0 Å². The Morgan fingerprint density at radius 2 is 1.35 bits per heavy atom. The number of nitrogens with zero attached hydrogens (tertiary/aromatic N) is 1. The highest BCUT2D eigenvalue weighted by Gasteiger charge is 2.36. The zero-order valence-corrected chi connectivity index (χ0v) is 17.6. The van der Waals surface area contributed by atoms with Crippen molar-refractivity contribution < 1.29 is 14.4 Å². The fourth-order valence-corrected chi connectivity index (χ4v) is 3.92. The van der Waals surface area contributed by atoms with Gasteiger partial charge in [0.25, 0.3) is 0 Å². The van der Waals surface area contributed by atoms with Crippen LogP contribution in [0.3, 0.4) is 0 Å². The number of allylic oxidation sites excluding steroid dienone is 1. The van der Waals surface area contributed by atoms with E-state index in [1.54, 1.807) is 48.5 Å². The first-order valence-electron chi connectivity index (χ1n) is 10.3. The van der Waals surface area contributed by atoms with E-state index in [0.717, 1.165) is 11.3 Å². The molecule has 0 saturated carbocycles. The van der Waals surface area contributed by atoms with Gasteiger partial charge in [-0.15, -0.1) is 0 Å². The number of hydrogen-bond donors (Lipinski definition) is 0. The van der Waals surface area contributed by atoms with E-state index in [2.05, 4.69) is 0 Å². The average Bonchev–Trinajstić information content (AvgIpc) is 2.80. The topological polar surface area (TPSA) is 54.5 Å². The molecule has 0 aliphatic heterocycles. The van der Waals surface area contributed by atoms with Gasteiger partial charge in [0.1, 0.15) is 0 Å². The molecule has 31 heavy (non-hydrogen) atoms. The zero-order chi connectivity index (χ0) is 22.0. The number of Topliss-reactive ketones (excluding diaryl/α,β-unsaturated/α-hetero) is 3. The summed E-state index contributed by atoms with van der Waals surface area (Å²) in [6.07, 6.45) is 0. The second-order valence-corrected chi connectivity index (χ2v) is 7.59. The van der Waals surface area contributed by atoms with Crippen molar-refractivity contribution in [2.45, 2.75) is 13.8 Å². The molecule has 3 aromatic rings. The fraction of sp³-hybridized carbons (Fsp3) is 0.148. The van der Waals surface area contributed by atoms with Crippen molar-refractivity contribution in [2.75, 3.05) is 18.0 Å². The van der Waals surface area contributed by atoms with Gasteiger partial charge in [-0.25, -0.2) is 0 Å². The second kappa shape index (κ2) is 8.52. The van der Waals surface area contributed by atoms with Gasteiger partial charge < -0.3 is 4.90 Å². The largest absolute Gasteiger partial charge is 0.364 e. The van der Waals surface area contributed by atoms with Gasteiger partial charge in [0.2, 0.25) is 0 Å². The predicted molar refractivity (Wildman–Crippen MR) is 123 cm³/mol. The van der Waals surface area contributed by atoms with Crippen molar-refractivity contribution >= 4 is 28.6 Å². The molecule has 0 spiro atoms. The molecule has 0 heterocycles. The lowest BCUT2D eigenvalue weighted by Crippen LogP contribution is -2.34. The Kier molecular flexibility index (Phi) is 5.63. The van der Waals surface area contributed by atoms with Crippen LogP contribution in [0, 0.1) is 6.92 Å². The van der Waals surface area contributed by atoms with Crippen molar-refractivity contribution in [3.63, 3.8) is 0 Å². The SMILES string of the molecule is CCN(CC(=O)C1=C(c2ccccc2)C(=O)c2ccccc2C1=O)c1ccc(C)cc1. The molecular weight excluding hydrogens is 386 g/mol. The molecule has 0 saturated heterocycles. The van der Waals surface area contributed by atoms with Crippen LogP contribution in [0.15, 0.2) is 84.4 Å². The smallest absolute Gasteiger partial charge is 0.198 e. The first-order chi connectivity index (χ1) is 15.0. The van der Waals surface area contributed by atoms with Gasteiger partial charge in [-0.2, -0.15) is 0 Å². The maximum absolute atomic E-state index is 13.5. The number of hydrogen-bond acceptors (Lipinski definition) is 4. The van der Waals surface area contributed by atoms with E-state index in [0.29, 0.717) is 17.7 Å². The van der Waals surface area contributed by atoms with Crippen molar-refractivity contribution in [3.8, 4) is 0 Å². The van der Waals surface area contributed by atoms with Crippen LogP contribution in [-0.4, -0.2) is 30.4 Å². The Hall–Kier alpha value is -3.79. The van der Waals surface area contributed by atoms with Crippen LogP contribution in [0.5, 0.6) is 0 Å². The summed E-state index contributed by atoms with van der Waals surface area (Å²) >= 11 is 0. The Morgan fingerprint density at radius 3 is 1.97 bits per heavy atom. The van der Waals surface area contributed by atoms with Crippen molar-refractivity contribution in [1.82, 2.24) is 0 Å². The molecular formula is C27H23NO3. The van der Waals surface area contributed by atoms with Gasteiger partial charge in [0.15, 0.2) is 17.3 Å². The summed E-state index contributed by atoms with van der Waals surface area (Å²) in [5.41, 5.74) is 3.40. The zero-order valence-electron chi connectivity index (χ0n) is 17.6. The number of carbonyl (C=O) groups is 3. The number of ketones is 3. The first kappa shape index (κ1) is 20.5. The van der Waals surface area contributed by atoms with Gasteiger partial charge in [-0.1, -0.05) is 72.3 Å². The third kappa shape index (κ3) is 3.84. The molecule has 0 bridgehead atoms. The maximum Gasteiger partial charge on any atom is 0.198 e. The molecule has 4 heteroatoms. The van der Waals surface area contributed by atoms with Gasteiger partial charge >= 0.3 is 0 Å². The Bertz CT molecular complexity index is 1190. The lowest BCUT2D eigenvalue weighted by molar-refractivity contribution is -0.114. The highest BCUT2D eigenvalue weighted by atomic mass is 16.2. The highest BCUT2D eigenvalue weighted by molar-refractivity contribution is 6.47. The summed E-state index contributed by atoms with van der Waals surface area (Å²) in [5.74, 6) is -1.03. The molecule has 154 valence electrons. The summed E-state index contributed by atoms with van der Waals surface area (Å²) < 4.78 is 0. The minimum atomic E-state index is -0.390. The lowest BCUT2D eigenvalue weighted by atomic mass is 9.79. The van der Waals surface area contributed by atoms with Crippen molar-refractivity contribution in [2.24, 2.45) is 0 Å². The third-order valence-electron chi connectivity index (χ3n) is 5.58. The molecule has 4 rings (SSSR count). The van der Waals surface area contributed by atoms with Gasteiger partial charge in [0.05, 0.1) is 12.1 Å². The monoisotopic (exact) mass is 409 g/mol. The normalized spacial score (nSPS) is 13.2. The Labute approximate surface area is 181 Å². The summed E-state index contributed by atoms with van der Waals surface area (Å²) in [6, 6.07) is 23.6. The molecule has 0 atom stereocenters. The minimum absolute atomic E-state index is 0.0203. The maximum atomic E-state index is 13.5. The van der Waals surface area contributed by atoms with Gasteiger partial charge in [-0.05, 0) is 31.5 Å². The number of carbonyl (C=O) groups excluding carboxylic acids is 3. The van der Waals surface area contributed by atoms with Crippen LogP contribution >= 0.6 is 0 Å². The first-order valence-corrected chi connectivity index (χ1v) is 10.3. The standard InChI is InChI=1S/C27H23NO3/c1-3-28(20-15-13-18(2)14-16-20)17-23(29)25-24(19-9-5-4-6-10-19)26(30)21-11-7-8-12-22(21)27(25)31/h4-16H,3,17H2,1-2H3. The quantitative estimate of drug-likeness (QED) is 0.542. The van der Waals surface area contributed by atoms with Crippen LogP contribution in [0.25, 0.3) is 5.57 Å². The Balaban J connectivity index is 1.80. The second-order valence-electron chi connectivity index (χ2n) is 7.59. The minimum Gasteiger partial charge on any atom is -0.364 e. The number of rotatable bonds is 6. The van der Waals surface area contributed by atoms with Crippen LogP contribution in [0.1, 0.15) is 38.8 Å². The molecule has 0 radical (unpaired) electrons. The number of likely N-dealkylation sites (N-methyl/N-ethyl adjacent to an activating group) is 1. The molecule has 0 fully saturated rings. The van der Waals surface area contributed by atoms with E-state index in [9.17, 15) is 14.4 Å². The highest BCUT2D eigenvalue weighted by Crippen LogP contribution is 2.33. The van der Waals surface area contributed by atoms with Crippen LogP contribution in [-0.2, 0) is 4.79 Å². The van der Waals surface area contributed by atoms with E-state index in [-0.39, 0.29) is 40.6 Å². The lowest BCUT2D eigenvalue weighted by Gasteiger charge is -2.25. The van der Waals surface area contributed by atoms with Gasteiger partial charge in [0, 0.05) is 28.9 Å². The van der Waals surface area contributed by atoms with Crippen LogP contribution in [0.4, 0.5) is 5.69 Å². The van der Waals surface area contributed by atoms with Crippen LogP contribution < -0.4 is 4.90 Å². The average molecular weight is 409 g/mol. The molecule has 1 aliphatic carbocycles. The molecule has 0 unspecified atom stereocenters. The van der Waals surface area contributed by atoms with E-state index >= 15 is 0 Å². The number of aryl methyl sites for hydroxylation is 1. The predicted octanol–water partition coefficient (Wildman–Crippen LogP) is 4.92. The van der Waals surface area contributed by atoms with Crippen molar-refractivity contribution in [1.29, 1.82) is 0 Å². The molecule has 4 nitrogen and oxygen atoms in total. The Morgan fingerprint density at radius 1 is 0.774 bits per heavy atom. The van der Waals surface area contributed by atoms with Crippen LogP contribution in [0.2, 0.25) is 0 Å². The molecule has 0 N–H and O–H groups in total. The molecule has 3 aromatic carbocycles. The summed E-state index contributed by atoms with van der Waals surface area (Å²) in [5, 5.41) is 0. The van der Waals surface area contributed by atoms with E-state index < -0.39 is 0 Å². The molecule has 0 aromatic heterocycles. The summed E-state index contributed by atoms with van der Waals surface area (Å²) in [4.78, 5) is 42.2. The third-order valence-corrected chi connectivity index (χ3v) is 5.58. The molecule has 1 aliphatic rings. The van der Waals surface area contributed by atoms with E-state index in [4.69, 9.17) is 0 Å². The molecule has 0 amide bonds. The van der Waals surface area contributed by atoms with Crippen molar-refractivity contribution in [3.05, 3.63) is 107 Å². The summed E-state index contributed by atoms with van der Waals surface area (Å²) in [7, 11) is 0. The number of fused-ring (bicyclic) bond motifs is 1. The summed E-state index contributed by atoms with van der Waals surface area (Å²) in [6.45, 7) is 4.59. The number of anilines is 1. The van der Waals surface area contributed by atoms with E-state index in [1.807, 2.05) is 49.1 Å².